The van der Waals surface area contributed by atoms with Crippen LogP contribution in [-0.2, 0) is 4.74 Å². The zero-order valence-electron chi connectivity index (χ0n) is 10.6. The minimum Gasteiger partial charge on any atom is -0.495 e. The molecular formula is C14H23NO2. The molecule has 3 heteroatoms. The van der Waals surface area contributed by atoms with Crippen LogP contribution in [0.1, 0.15) is 38.5 Å². The van der Waals surface area contributed by atoms with E-state index in [0.717, 1.165) is 38.0 Å². The number of aliphatic hydroxyl groups excluding tert-OH is 1. The van der Waals surface area contributed by atoms with E-state index < -0.39 is 0 Å². The quantitative estimate of drug-likeness (QED) is 0.796. The van der Waals surface area contributed by atoms with Gasteiger partial charge in [-0.2, -0.15) is 0 Å². The van der Waals surface area contributed by atoms with Crippen molar-refractivity contribution in [2.75, 3.05) is 13.7 Å². The van der Waals surface area contributed by atoms with Crippen LogP contribution in [0, 0.1) is 5.92 Å². The molecule has 3 heterocycles. The van der Waals surface area contributed by atoms with Gasteiger partial charge in [-0.1, -0.05) is 0 Å². The second-order valence-electron chi connectivity index (χ2n) is 5.82. The third-order valence-electron chi connectivity index (χ3n) is 4.84. The molecule has 3 nitrogen and oxygen atoms in total. The summed E-state index contributed by atoms with van der Waals surface area (Å²) >= 11 is 0. The number of allylic oxidation sites excluding steroid dienone is 1. The monoisotopic (exact) mass is 237 g/mol. The molecule has 2 fully saturated rings. The van der Waals surface area contributed by atoms with Crippen LogP contribution in [0.5, 0.6) is 0 Å². The Kier molecular flexibility index (Phi) is 3.14. The summed E-state index contributed by atoms with van der Waals surface area (Å²) in [5.41, 5.74) is 0. The third kappa shape index (κ3) is 2.11. The Morgan fingerprint density at radius 1 is 1.35 bits per heavy atom. The summed E-state index contributed by atoms with van der Waals surface area (Å²) in [7, 11) is 2.24. The van der Waals surface area contributed by atoms with Crippen LogP contribution < -0.4 is 0 Å². The van der Waals surface area contributed by atoms with Crippen LogP contribution in [0.4, 0.5) is 0 Å². The maximum atomic E-state index is 10.4. The van der Waals surface area contributed by atoms with Crippen LogP contribution in [0.2, 0.25) is 0 Å². The van der Waals surface area contributed by atoms with Gasteiger partial charge in [-0.15, -0.1) is 0 Å². The highest BCUT2D eigenvalue weighted by molar-refractivity contribution is 5.07. The van der Waals surface area contributed by atoms with Crippen molar-refractivity contribution in [1.82, 2.24) is 4.90 Å². The fraction of sp³-hybridized carbons (Fsp3) is 0.857. The highest BCUT2D eigenvalue weighted by Crippen LogP contribution is 2.40. The molecule has 3 aliphatic rings. The molecule has 3 atom stereocenters. The van der Waals surface area contributed by atoms with Crippen LogP contribution in [0.25, 0.3) is 0 Å². The van der Waals surface area contributed by atoms with Gasteiger partial charge in [-0.05, 0) is 57.6 Å². The predicted molar refractivity (Wildman–Crippen MR) is 66.6 cm³/mol. The number of rotatable bonds is 2. The first kappa shape index (κ1) is 11.5. The number of ether oxygens (including phenoxy) is 1. The van der Waals surface area contributed by atoms with Gasteiger partial charge in [0, 0.05) is 12.1 Å². The van der Waals surface area contributed by atoms with Crippen LogP contribution >= 0.6 is 0 Å². The van der Waals surface area contributed by atoms with Crippen LogP contribution in [-0.4, -0.2) is 41.8 Å². The largest absolute Gasteiger partial charge is 0.495 e. The van der Waals surface area contributed by atoms with Gasteiger partial charge in [0.2, 0.25) is 0 Å². The Hall–Kier alpha value is -0.540. The number of hydrogen-bond acceptors (Lipinski definition) is 3. The average molecular weight is 237 g/mol. The Bertz CT molecular complexity index is 301. The second kappa shape index (κ2) is 4.62. The third-order valence-corrected chi connectivity index (χ3v) is 4.84. The fourth-order valence-electron chi connectivity index (χ4n) is 3.73. The highest BCUT2D eigenvalue weighted by Gasteiger charge is 2.41. The van der Waals surface area contributed by atoms with E-state index in [4.69, 9.17) is 4.74 Å². The molecule has 1 N–H and O–H groups in total. The second-order valence-corrected chi connectivity index (χ2v) is 5.82. The molecule has 0 aromatic heterocycles. The lowest BCUT2D eigenvalue weighted by atomic mass is 9.85. The minimum absolute atomic E-state index is 0.355. The van der Waals surface area contributed by atoms with Crippen molar-refractivity contribution in [3.63, 3.8) is 0 Å². The SMILES string of the molecule is CN1C2CCC1CC(C(O)C1=CCCCO1)C2. The number of aliphatic hydroxyl groups is 1. The van der Waals surface area contributed by atoms with Gasteiger partial charge in [-0.3, -0.25) is 0 Å². The van der Waals surface area contributed by atoms with E-state index >= 15 is 0 Å². The maximum Gasteiger partial charge on any atom is 0.121 e. The smallest absolute Gasteiger partial charge is 0.121 e. The molecular weight excluding hydrogens is 214 g/mol. The van der Waals surface area contributed by atoms with E-state index in [0.29, 0.717) is 18.0 Å². The molecule has 2 saturated heterocycles. The average Bonchev–Trinajstić information content (AvgIpc) is 2.61. The molecule has 0 saturated carbocycles. The van der Waals surface area contributed by atoms with Gasteiger partial charge in [0.15, 0.2) is 0 Å². The number of nitrogens with zero attached hydrogens (tertiary/aromatic N) is 1. The van der Waals surface area contributed by atoms with Gasteiger partial charge < -0.3 is 14.7 Å². The van der Waals surface area contributed by atoms with Gasteiger partial charge in [0.05, 0.1) is 6.61 Å². The van der Waals surface area contributed by atoms with E-state index in [1.54, 1.807) is 0 Å². The predicted octanol–water partition coefficient (Wildman–Crippen LogP) is 1.91. The van der Waals surface area contributed by atoms with Crippen molar-refractivity contribution in [1.29, 1.82) is 0 Å². The normalized spacial score (nSPS) is 39.6. The van der Waals surface area contributed by atoms with Crippen molar-refractivity contribution in [2.45, 2.75) is 56.7 Å². The first-order chi connectivity index (χ1) is 8.25. The number of hydrogen-bond donors (Lipinski definition) is 1. The molecule has 0 aromatic rings. The van der Waals surface area contributed by atoms with E-state index in [1.807, 2.05) is 0 Å². The molecule has 0 spiro atoms. The molecule has 3 rings (SSSR count). The molecule has 3 aliphatic heterocycles. The summed E-state index contributed by atoms with van der Waals surface area (Å²) in [5.74, 6) is 1.26. The van der Waals surface area contributed by atoms with Gasteiger partial charge >= 0.3 is 0 Å². The summed E-state index contributed by atoms with van der Waals surface area (Å²) in [4.78, 5) is 2.51. The van der Waals surface area contributed by atoms with Crippen molar-refractivity contribution >= 4 is 0 Å². The van der Waals surface area contributed by atoms with E-state index in [1.165, 1.54) is 12.8 Å². The van der Waals surface area contributed by atoms with Crippen LogP contribution in [0.15, 0.2) is 11.8 Å². The first-order valence-electron chi connectivity index (χ1n) is 6.98. The highest BCUT2D eigenvalue weighted by atomic mass is 16.5. The fourth-order valence-corrected chi connectivity index (χ4v) is 3.73. The lowest BCUT2D eigenvalue weighted by Crippen LogP contribution is -2.43. The van der Waals surface area contributed by atoms with Gasteiger partial charge in [0.1, 0.15) is 11.9 Å². The van der Waals surface area contributed by atoms with Gasteiger partial charge in [0.25, 0.3) is 0 Å². The zero-order valence-corrected chi connectivity index (χ0v) is 10.6. The minimum atomic E-state index is -0.355. The summed E-state index contributed by atoms with van der Waals surface area (Å²) in [5, 5.41) is 10.4. The first-order valence-corrected chi connectivity index (χ1v) is 6.98. The maximum absolute atomic E-state index is 10.4. The molecule has 2 bridgehead atoms. The molecule has 0 aliphatic carbocycles. The summed E-state index contributed by atoms with van der Waals surface area (Å²) in [6.45, 7) is 0.780. The van der Waals surface area contributed by atoms with Crippen molar-refractivity contribution < 1.29 is 9.84 Å². The van der Waals surface area contributed by atoms with E-state index in [-0.39, 0.29) is 6.10 Å². The lowest BCUT2D eigenvalue weighted by Gasteiger charge is -2.38. The molecule has 17 heavy (non-hydrogen) atoms. The molecule has 0 radical (unpaired) electrons. The Morgan fingerprint density at radius 2 is 2.06 bits per heavy atom. The molecule has 0 aromatic carbocycles. The van der Waals surface area contributed by atoms with E-state index in [2.05, 4.69) is 18.0 Å². The van der Waals surface area contributed by atoms with Gasteiger partial charge in [-0.25, -0.2) is 0 Å². The Morgan fingerprint density at radius 3 is 2.65 bits per heavy atom. The van der Waals surface area contributed by atoms with Crippen molar-refractivity contribution in [2.24, 2.45) is 5.92 Å². The zero-order chi connectivity index (χ0) is 11.8. The van der Waals surface area contributed by atoms with Crippen molar-refractivity contribution in [3.8, 4) is 0 Å². The molecule has 96 valence electrons. The lowest BCUT2D eigenvalue weighted by molar-refractivity contribution is 0.0142. The standard InChI is InChI=1S/C14H23NO2/c1-15-11-5-6-12(15)9-10(8-11)14(16)13-4-2-3-7-17-13/h4,10-12,14,16H,2-3,5-9H2,1H3. The number of piperidine rings is 1. The summed E-state index contributed by atoms with van der Waals surface area (Å²) in [6.07, 6.45) is 8.78. The Balaban J connectivity index is 1.67. The molecule has 0 amide bonds. The topological polar surface area (TPSA) is 32.7 Å². The van der Waals surface area contributed by atoms with Crippen LogP contribution in [0.3, 0.4) is 0 Å². The van der Waals surface area contributed by atoms with Crippen molar-refractivity contribution in [3.05, 3.63) is 11.8 Å². The Labute approximate surface area is 103 Å². The van der Waals surface area contributed by atoms with E-state index in [9.17, 15) is 5.11 Å². The number of fused-ring (bicyclic) bond motifs is 2. The molecule has 3 unspecified atom stereocenters. The summed E-state index contributed by atoms with van der Waals surface area (Å²) < 4.78 is 5.61. The summed E-state index contributed by atoms with van der Waals surface area (Å²) in [6, 6.07) is 1.38.